The average molecular weight is 471 g/mol. The van der Waals surface area contributed by atoms with E-state index >= 15 is 0 Å². The van der Waals surface area contributed by atoms with E-state index in [-0.39, 0.29) is 0 Å². The highest BCUT2D eigenvalue weighted by atomic mass is 16.5. The van der Waals surface area contributed by atoms with Crippen molar-refractivity contribution in [2.24, 2.45) is 5.92 Å². The molecule has 186 valence electrons. The molecule has 1 heterocycles. The van der Waals surface area contributed by atoms with Gasteiger partial charge in [0.2, 0.25) is 0 Å². The fraction of sp³-hybridized carbons (Fsp3) is 0.438. The van der Waals surface area contributed by atoms with Crippen molar-refractivity contribution in [2.75, 3.05) is 6.61 Å². The van der Waals surface area contributed by atoms with Crippen molar-refractivity contribution in [3.63, 3.8) is 0 Å². The average Bonchev–Trinajstić information content (AvgIpc) is 2.91. The number of hydrogen-bond acceptors (Lipinski definition) is 3. The standard InChI is InChI=1S/C32H42N2O/c1-4-6-7-8-9-10-11-23-35-31-21-19-29(20-22-31)32-33-24-30(25-34-32)28-17-15-27(16-18-28)14-12-13-26(3)5-2/h4,15-22,24-26H,1,5-14,23H2,2-3H3. The molecule has 0 N–H and O–H groups in total. The Kier molecular flexibility index (Phi) is 11.5. The normalized spacial score (nSPS) is 11.8. The summed E-state index contributed by atoms with van der Waals surface area (Å²) in [5, 5.41) is 0. The van der Waals surface area contributed by atoms with Crippen LogP contribution in [0.3, 0.4) is 0 Å². The van der Waals surface area contributed by atoms with Crippen molar-refractivity contribution in [1.29, 1.82) is 0 Å². The Morgan fingerprint density at radius 2 is 1.46 bits per heavy atom. The van der Waals surface area contributed by atoms with Crippen LogP contribution in [0.2, 0.25) is 0 Å². The Bertz CT molecular complexity index is 978. The summed E-state index contributed by atoms with van der Waals surface area (Å²) in [7, 11) is 0. The lowest BCUT2D eigenvalue weighted by Gasteiger charge is -2.09. The zero-order valence-corrected chi connectivity index (χ0v) is 21.7. The van der Waals surface area contributed by atoms with Gasteiger partial charge < -0.3 is 4.74 Å². The fourth-order valence-electron chi connectivity index (χ4n) is 4.16. The highest BCUT2D eigenvalue weighted by Gasteiger charge is 2.05. The monoisotopic (exact) mass is 470 g/mol. The third kappa shape index (κ3) is 9.32. The van der Waals surface area contributed by atoms with E-state index in [4.69, 9.17) is 4.74 Å². The van der Waals surface area contributed by atoms with E-state index in [2.05, 4.69) is 54.7 Å². The second kappa shape index (κ2) is 15.1. The molecule has 0 saturated heterocycles. The van der Waals surface area contributed by atoms with Crippen molar-refractivity contribution in [3.8, 4) is 28.3 Å². The number of hydrogen-bond donors (Lipinski definition) is 0. The molecule has 3 rings (SSSR count). The van der Waals surface area contributed by atoms with Crippen LogP contribution in [0.25, 0.3) is 22.5 Å². The van der Waals surface area contributed by atoms with Crippen molar-refractivity contribution >= 4 is 0 Å². The van der Waals surface area contributed by atoms with E-state index in [1.54, 1.807) is 0 Å². The van der Waals surface area contributed by atoms with E-state index in [0.29, 0.717) is 0 Å². The molecule has 0 saturated carbocycles. The summed E-state index contributed by atoms with van der Waals surface area (Å²) in [6, 6.07) is 16.9. The molecule has 3 heteroatoms. The maximum absolute atomic E-state index is 5.90. The lowest BCUT2D eigenvalue weighted by atomic mass is 9.98. The molecule has 2 aromatic carbocycles. The summed E-state index contributed by atoms with van der Waals surface area (Å²) < 4.78 is 5.90. The van der Waals surface area contributed by atoms with Gasteiger partial charge in [-0.1, -0.05) is 76.3 Å². The smallest absolute Gasteiger partial charge is 0.159 e. The van der Waals surface area contributed by atoms with Gasteiger partial charge in [0, 0.05) is 23.5 Å². The van der Waals surface area contributed by atoms with Gasteiger partial charge >= 0.3 is 0 Å². The van der Waals surface area contributed by atoms with Crippen LogP contribution in [0.4, 0.5) is 0 Å². The predicted molar refractivity (Wildman–Crippen MR) is 149 cm³/mol. The van der Waals surface area contributed by atoms with Crippen LogP contribution in [0.5, 0.6) is 5.75 Å². The van der Waals surface area contributed by atoms with Gasteiger partial charge in [0.15, 0.2) is 5.82 Å². The molecule has 0 aliphatic rings. The van der Waals surface area contributed by atoms with Crippen LogP contribution in [0.15, 0.2) is 73.6 Å². The predicted octanol–water partition coefficient (Wildman–Crippen LogP) is 9.08. The largest absolute Gasteiger partial charge is 0.494 e. The maximum Gasteiger partial charge on any atom is 0.159 e. The van der Waals surface area contributed by atoms with Crippen LogP contribution in [-0.4, -0.2) is 16.6 Å². The van der Waals surface area contributed by atoms with E-state index in [9.17, 15) is 0 Å². The topological polar surface area (TPSA) is 35.0 Å². The minimum atomic E-state index is 0.737. The van der Waals surface area contributed by atoms with Gasteiger partial charge in [-0.2, -0.15) is 0 Å². The van der Waals surface area contributed by atoms with Crippen molar-refractivity contribution < 1.29 is 4.74 Å². The first-order chi connectivity index (χ1) is 17.2. The molecule has 1 aromatic heterocycles. The number of unbranched alkanes of at least 4 members (excludes halogenated alkanes) is 5. The van der Waals surface area contributed by atoms with Crippen LogP contribution >= 0.6 is 0 Å². The molecule has 0 amide bonds. The molecule has 0 aliphatic heterocycles. The summed E-state index contributed by atoms with van der Waals surface area (Å²) in [6.07, 6.45) is 18.1. The summed E-state index contributed by atoms with van der Waals surface area (Å²) in [6.45, 7) is 9.15. The summed E-state index contributed by atoms with van der Waals surface area (Å²) >= 11 is 0. The Morgan fingerprint density at radius 1 is 0.800 bits per heavy atom. The molecule has 35 heavy (non-hydrogen) atoms. The number of ether oxygens (including phenoxy) is 1. The first kappa shape index (κ1) is 26.7. The number of benzene rings is 2. The fourth-order valence-corrected chi connectivity index (χ4v) is 4.16. The van der Waals surface area contributed by atoms with Crippen LogP contribution in [0, 0.1) is 5.92 Å². The first-order valence-electron chi connectivity index (χ1n) is 13.4. The van der Waals surface area contributed by atoms with Gasteiger partial charge in [-0.25, -0.2) is 9.97 Å². The van der Waals surface area contributed by atoms with Crippen LogP contribution in [0.1, 0.15) is 77.2 Å². The number of allylic oxidation sites excluding steroid dienone is 1. The third-order valence-electron chi connectivity index (χ3n) is 6.73. The number of aromatic nitrogens is 2. The van der Waals surface area contributed by atoms with Crippen molar-refractivity contribution in [2.45, 2.75) is 78.1 Å². The zero-order chi connectivity index (χ0) is 24.7. The minimum Gasteiger partial charge on any atom is -0.494 e. The van der Waals surface area contributed by atoms with Gasteiger partial charge in [0.05, 0.1) is 6.61 Å². The van der Waals surface area contributed by atoms with Crippen LogP contribution in [-0.2, 0) is 6.42 Å². The molecular weight excluding hydrogens is 428 g/mol. The lowest BCUT2D eigenvalue weighted by molar-refractivity contribution is 0.304. The van der Waals surface area contributed by atoms with Gasteiger partial charge in [0.25, 0.3) is 0 Å². The maximum atomic E-state index is 5.90. The Hall–Kier alpha value is -2.94. The Labute approximate surface area is 212 Å². The first-order valence-corrected chi connectivity index (χ1v) is 13.4. The minimum absolute atomic E-state index is 0.737. The van der Waals surface area contributed by atoms with Crippen molar-refractivity contribution in [3.05, 3.63) is 79.1 Å². The summed E-state index contributed by atoms with van der Waals surface area (Å²) in [5.41, 5.74) is 4.61. The van der Waals surface area contributed by atoms with E-state index in [1.807, 2.05) is 42.7 Å². The van der Waals surface area contributed by atoms with E-state index in [0.717, 1.165) is 60.1 Å². The Balaban J connectivity index is 1.45. The molecule has 0 spiro atoms. The van der Waals surface area contributed by atoms with Gasteiger partial charge in [-0.3, -0.25) is 0 Å². The molecule has 0 aliphatic carbocycles. The zero-order valence-electron chi connectivity index (χ0n) is 21.7. The van der Waals surface area contributed by atoms with Crippen molar-refractivity contribution in [1.82, 2.24) is 9.97 Å². The highest BCUT2D eigenvalue weighted by Crippen LogP contribution is 2.23. The second-order valence-corrected chi connectivity index (χ2v) is 9.62. The molecular formula is C32H42N2O. The van der Waals surface area contributed by atoms with Gasteiger partial charge in [0.1, 0.15) is 5.75 Å². The number of rotatable bonds is 16. The molecule has 1 atom stereocenters. The third-order valence-corrected chi connectivity index (χ3v) is 6.73. The van der Waals surface area contributed by atoms with E-state index < -0.39 is 0 Å². The highest BCUT2D eigenvalue weighted by molar-refractivity contribution is 5.64. The molecule has 0 radical (unpaired) electrons. The van der Waals surface area contributed by atoms with Gasteiger partial charge in [-0.15, -0.1) is 6.58 Å². The van der Waals surface area contributed by atoms with E-state index in [1.165, 1.54) is 50.5 Å². The van der Waals surface area contributed by atoms with Crippen LogP contribution < -0.4 is 4.74 Å². The van der Waals surface area contributed by atoms with Gasteiger partial charge in [-0.05, 0) is 73.4 Å². The SMILES string of the molecule is C=CCCCCCCCOc1ccc(-c2ncc(-c3ccc(CCCC(C)CC)cc3)cn2)cc1. The quantitative estimate of drug-likeness (QED) is 0.155. The molecule has 1 unspecified atom stereocenters. The molecule has 0 bridgehead atoms. The molecule has 3 aromatic rings. The lowest BCUT2D eigenvalue weighted by Crippen LogP contribution is -1.97. The molecule has 0 fully saturated rings. The number of nitrogens with zero attached hydrogens (tertiary/aromatic N) is 2. The second-order valence-electron chi connectivity index (χ2n) is 9.62. The molecule has 3 nitrogen and oxygen atoms in total. The Morgan fingerprint density at radius 3 is 2.14 bits per heavy atom. The number of aryl methyl sites for hydroxylation is 1. The summed E-state index contributed by atoms with van der Waals surface area (Å²) in [4.78, 5) is 9.23. The summed E-state index contributed by atoms with van der Waals surface area (Å²) in [5.74, 6) is 2.46.